The van der Waals surface area contributed by atoms with E-state index in [-0.39, 0.29) is 5.43 Å². The molecule has 2 rings (SSSR count). The Morgan fingerprint density at radius 3 is 2.50 bits per heavy atom. The Labute approximate surface area is 105 Å². The molecule has 0 amide bonds. The van der Waals surface area contributed by atoms with E-state index in [0.29, 0.717) is 15.4 Å². The molecule has 72 valence electrons. The topological polar surface area (TPSA) is 30.2 Å². The number of fused-ring (bicyclic) bond motifs is 1. The number of halogens is 3. The minimum absolute atomic E-state index is 0.0781. The summed E-state index contributed by atoms with van der Waals surface area (Å²) >= 11 is 9.77. The van der Waals surface area contributed by atoms with E-state index >= 15 is 0 Å². The molecule has 0 atom stereocenters. The second-order valence-corrected chi connectivity index (χ2v) is 5.30. The molecule has 0 bridgehead atoms. The highest BCUT2D eigenvalue weighted by Gasteiger charge is 2.09. The first-order valence-electron chi connectivity index (χ1n) is 3.65. The van der Waals surface area contributed by atoms with E-state index in [9.17, 15) is 4.79 Å². The molecule has 0 saturated carbocycles. The van der Waals surface area contributed by atoms with Gasteiger partial charge in [0, 0.05) is 8.95 Å². The van der Waals surface area contributed by atoms with E-state index in [1.54, 1.807) is 6.07 Å². The molecule has 0 N–H and O–H groups in total. The van der Waals surface area contributed by atoms with E-state index in [0.717, 1.165) is 8.95 Å². The zero-order valence-corrected chi connectivity index (χ0v) is 11.4. The molecular formula is C9H3Br3O2. The van der Waals surface area contributed by atoms with Gasteiger partial charge in [-0.2, -0.15) is 0 Å². The van der Waals surface area contributed by atoms with Crippen molar-refractivity contribution >= 4 is 58.8 Å². The van der Waals surface area contributed by atoms with E-state index in [2.05, 4.69) is 47.8 Å². The van der Waals surface area contributed by atoms with Crippen LogP contribution in [0.4, 0.5) is 0 Å². The Morgan fingerprint density at radius 1 is 1.07 bits per heavy atom. The molecule has 0 fully saturated rings. The van der Waals surface area contributed by atoms with Gasteiger partial charge < -0.3 is 4.42 Å². The van der Waals surface area contributed by atoms with Crippen molar-refractivity contribution in [1.82, 2.24) is 0 Å². The first-order chi connectivity index (χ1) is 6.59. The van der Waals surface area contributed by atoms with Gasteiger partial charge in [-0.15, -0.1) is 0 Å². The average molecular weight is 383 g/mol. The van der Waals surface area contributed by atoms with E-state index in [1.807, 2.05) is 6.07 Å². The molecule has 14 heavy (non-hydrogen) atoms. The fourth-order valence-corrected chi connectivity index (χ4v) is 2.81. The molecule has 2 aromatic rings. The van der Waals surface area contributed by atoms with Crippen molar-refractivity contribution in [2.75, 3.05) is 0 Å². The Hall–Kier alpha value is -0.130. The van der Waals surface area contributed by atoms with Crippen LogP contribution in [0, 0.1) is 0 Å². The third-order valence-corrected chi connectivity index (χ3v) is 3.38. The third-order valence-electron chi connectivity index (χ3n) is 1.75. The maximum Gasteiger partial charge on any atom is 0.207 e. The molecule has 1 aromatic heterocycles. The SMILES string of the molecule is O=c1c(Br)coc2cc(Br)cc(Br)c12. The summed E-state index contributed by atoms with van der Waals surface area (Å²) in [7, 11) is 0. The van der Waals surface area contributed by atoms with Gasteiger partial charge in [-0.05, 0) is 44.0 Å². The van der Waals surface area contributed by atoms with Crippen molar-refractivity contribution in [1.29, 1.82) is 0 Å². The van der Waals surface area contributed by atoms with Gasteiger partial charge in [0.15, 0.2) is 0 Å². The van der Waals surface area contributed by atoms with Gasteiger partial charge in [-0.3, -0.25) is 4.79 Å². The van der Waals surface area contributed by atoms with Crippen LogP contribution in [0.25, 0.3) is 11.0 Å². The normalized spacial score (nSPS) is 10.8. The lowest BCUT2D eigenvalue weighted by molar-refractivity contribution is 0.598. The molecule has 0 radical (unpaired) electrons. The van der Waals surface area contributed by atoms with Crippen LogP contribution < -0.4 is 5.43 Å². The molecule has 1 heterocycles. The lowest BCUT2D eigenvalue weighted by atomic mass is 10.2. The van der Waals surface area contributed by atoms with Gasteiger partial charge in [-0.25, -0.2) is 0 Å². The molecule has 1 aromatic carbocycles. The van der Waals surface area contributed by atoms with Crippen LogP contribution in [0.15, 0.2) is 41.0 Å². The van der Waals surface area contributed by atoms with Gasteiger partial charge in [0.2, 0.25) is 5.43 Å². The zero-order valence-electron chi connectivity index (χ0n) is 6.68. The van der Waals surface area contributed by atoms with Crippen molar-refractivity contribution in [2.24, 2.45) is 0 Å². The first-order valence-corrected chi connectivity index (χ1v) is 6.03. The fourth-order valence-electron chi connectivity index (χ4n) is 1.15. The van der Waals surface area contributed by atoms with Gasteiger partial charge in [0.1, 0.15) is 16.3 Å². The summed E-state index contributed by atoms with van der Waals surface area (Å²) < 4.78 is 7.28. The third kappa shape index (κ3) is 1.68. The van der Waals surface area contributed by atoms with Crippen LogP contribution in [0.5, 0.6) is 0 Å². The Morgan fingerprint density at radius 2 is 1.79 bits per heavy atom. The second kappa shape index (κ2) is 3.79. The molecule has 0 aliphatic rings. The summed E-state index contributed by atoms with van der Waals surface area (Å²) in [5.41, 5.74) is 0.477. The van der Waals surface area contributed by atoms with Crippen LogP contribution in [-0.4, -0.2) is 0 Å². The van der Waals surface area contributed by atoms with Crippen molar-refractivity contribution in [2.45, 2.75) is 0 Å². The van der Waals surface area contributed by atoms with E-state index in [4.69, 9.17) is 4.42 Å². The van der Waals surface area contributed by atoms with Crippen LogP contribution in [0.2, 0.25) is 0 Å². The molecule has 0 aliphatic heterocycles. The lowest BCUT2D eigenvalue weighted by Crippen LogP contribution is -2.02. The minimum atomic E-state index is -0.0781. The van der Waals surface area contributed by atoms with Gasteiger partial charge in [0.05, 0.1) is 5.39 Å². The van der Waals surface area contributed by atoms with Crippen LogP contribution in [-0.2, 0) is 0 Å². The molecule has 5 heteroatoms. The first kappa shape index (κ1) is 10.4. The Kier molecular flexibility index (Phi) is 2.81. The summed E-state index contributed by atoms with van der Waals surface area (Å²) in [4.78, 5) is 11.7. The monoisotopic (exact) mass is 380 g/mol. The summed E-state index contributed by atoms with van der Waals surface area (Å²) in [5, 5.41) is 0.544. The Balaban J connectivity index is 3.03. The van der Waals surface area contributed by atoms with E-state index in [1.165, 1.54) is 6.26 Å². The maximum absolute atomic E-state index is 11.7. The van der Waals surface area contributed by atoms with Crippen LogP contribution >= 0.6 is 47.8 Å². The molecule has 0 spiro atoms. The van der Waals surface area contributed by atoms with Gasteiger partial charge in [-0.1, -0.05) is 15.9 Å². The highest BCUT2D eigenvalue weighted by molar-refractivity contribution is 9.11. The van der Waals surface area contributed by atoms with Gasteiger partial charge >= 0.3 is 0 Å². The van der Waals surface area contributed by atoms with Crippen LogP contribution in [0.1, 0.15) is 0 Å². The summed E-state index contributed by atoms with van der Waals surface area (Å²) in [6, 6.07) is 3.57. The average Bonchev–Trinajstić information content (AvgIpc) is 2.10. The summed E-state index contributed by atoms with van der Waals surface area (Å²) in [6.07, 6.45) is 1.39. The number of benzene rings is 1. The standard InChI is InChI=1S/C9H3Br3O2/c10-4-1-5(11)8-7(2-4)14-3-6(12)9(8)13/h1-3H. The number of rotatable bonds is 0. The Bertz CT molecular complexity index is 560. The largest absolute Gasteiger partial charge is 0.463 e. The predicted molar refractivity (Wildman–Crippen MR) is 65.6 cm³/mol. The molecule has 2 nitrogen and oxygen atoms in total. The van der Waals surface area contributed by atoms with E-state index < -0.39 is 0 Å². The summed E-state index contributed by atoms with van der Waals surface area (Å²) in [6.45, 7) is 0. The smallest absolute Gasteiger partial charge is 0.207 e. The lowest BCUT2D eigenvalue weighted by Gasteiger charge is -2.00. The minimum Gasteiger partial charge on any atom is -0.463 e. The predicted octanol–water partition coefficient (Wildman–Crippen LogP) is 4.08. The quantitative estimate of drug-likeness (QED) is 0.687. The molecule has 0 saturated heterocycles. The number of hydrogen-bond donors (Lipinski definition) is 0. The molecular weight excluding hydrogens is 380 g/mol. The van der Waals surface area contributed by atoms with Crippen LogP contribution in [0.3, 0.4) is 0 Å². The molecule has 0 unspecified atom stereocenters. The fraction of sp³-hybridized carbons (Fsp3) is 0. The van der Waals surface area contributed by atoms with Crippen molar-refractivity contribution in [3.05, 3.63) is 42.0 Å². The van der Waals surface area contributed by atoms with Crippen molar-refractivity contribution in [3.63, 3.8) is 0 Å². The second-order valence-electron chi connectivity index (χ2n) is 2.67. The zero-order chi connectivity index (χ0) is 10.3. The highest BCUT2D eigenvalue weighted by Crippen LogP contribution is 2.27. The summed E-state index contributed by atoms with van der Waals surface area (Å²) in [5.74, 6) is 0. The number of hydrogen-bond acceptors (Lipinski definition) is 2. The molecule has 0 aliphatic carbocycles. The van der Waals surface area contributed by atoms with Crippen molar-refractivity contribution in [3.8, 4) is 0 Å². The maximum atomic E-state index is 11.7. The highest BCUT2D eigenvalue weighted by atomic mass is 79.9. The van der Waals surface area contributed by atoms with Gasteiger partial charge in [0.25, 0.3) is 0 Å². The van der Waals surface area contributed by atoms with Crippen molar-refractivity contribution < 1.29 is 4.42 Å².